The van der Waals surface area contributed by atoms with E-state index >= 15 is 0 Å². The van der Waals surface area contributed by atoms with E-state index in [2.05, 4.69) is 41.4 Å². The van der Waals surface area contributed by atoms with Crippen LogP contribution in [0.4, 0.5) is 0 Å². The normalized spacial score (nSPS) is 16.7. The third-order valence-electron chi connectivity index (χ3n) is 5.42. The predicted molar refractivity (Wildman–Crippen MR) is 109 cm³/mol. The molecule has 0 aliphatic carbocycles. The van der Waals surface area contributed by atoms with E-state index in [1.54, 1.807) is 7.11 Å². The van der Waals surface area contributed by atoms with Gasteiger partial charge in [0.05, 0.1) is 13.2 Å². The number of nitrogens with zero attached hydrogens (tertiary/aromatic N) is 1. The molecule has 27 heavy (non-hydrogen) atoms. The van der Waals surface area contributed by atoms with Crippen molar-refractivity contribution in [2.45, 2.75) is 39.3 Å². The molecule has 144 valence electrons. The van der Waals surface area contributed by atoms with E-state index in [0.29, 0.717) is 0 Å². The number of piperidine rings is 1. The molecule has 0 bridgehead atoms. The van der Waals surface area contributed by atoms with Crippen molar-refractivity contribution in [3.63, 3.8) is 0 Å². The average Bonchev–Trinajstić information content (AvgIpc) is 2.68. The monoisotopic (exact) mass is 366 g/mol. The summed E-state index contributed by atoms with van der Waals surface area (Å²) in [5.74, 6) is 1.12. The first-order chi connectivity index (χ1) is 13.0. The van der Waals surface area contributed by atoms with Gasteiger partial charge in [-0.25, -0.2) is 0 Å². The molecule has 3 rings (SSSR count). The number of nitrogens with one attached hydrogen (secondary N) is 1. The first kappa shape index (κ1) is 19.4. The quantitative estimate of drug-likeness (QED) is 0.837. The van der Waals surface area contributed by atoms with Crippen molar-refractivity contribution >= 4 is 5.91 Å². The van der Waals surface area contributed by atoms with Gasteiger partial charge < -0.3 is 10.1 Å². The minimum absolute atomic E-state index is 0.00808. The maximum absolute atomic E-state index is 12.7. The second kappa shape index (κ2) is 9.05. The zero-order valence-corrected chi connectivity index (χ0v) is 16.6. The van der Waals surface area contributed by atoms with Crippen molar-refractivity contribution in [3.05, 3.63) is 65.2 Å². The van der Waals surface area contributed by atoms with Crippen LogP contribution < -0.4 is 10.1 Å². The van der Waals surface area contributed by atoms with Gasteiger partial charge in [-0.05, 0) is 63.0 Å². The predicted octanol–water partition coefficient (Wildman–Crippen LogP) is 4.09. The molecule has 1 aliphatic heterocycles. The van der Waals surface area contributed by atoms with E-state index in [0.717, 1.165) is 43.8 Å². The van der Waals surface area contributed by atoms with Crippen LogP contribution in [0.5, 0.6) is 5.75 Å². The number of methoxy groups -OCH3 is 1. The fraction of sp³-hybridized carbons (Fsp3) is 0.435. The van der Waals surface area contributed by atoms with Crippen LogP contribution in [0.25, 0.3) is 0 Å². The minimum Gasteiger partial charge on any atom is -0.497 e. The summed E-state index contributed by atoms with van der Waals surface area (Å²) in [6.07, 6.45) is 1.85. The summed E-state index contributed by atoms with van der Waals surface area (Å²) in [4.78, 5) is 15.1. The Balaban J connectivity index is 1.47. The van der Waals surface area contributed by atoms with Gasteiger partial charge in [0.2, 0.25) is 5.91 Å². The van der Waals surface area contributed by atoms with Crippen molar-refractivity contribution in [2.24, 2.45) is 5.92 Å². The van der Waals surface area contributed by atoms with Gasteiger partial charge >= 0.3 is 0 Å². The molecule has 1 amide bonds. The maximum atomic E-state index is 12.7. The molecule has 1 aliphatic rings. The molecule has 0 aromatic heterocycles. The Morgan fingerprint density at radius 1 is 1.19 bits per heavy atom. The largest absolute Gasteiger partial charge is 0.497 e. The fourth-order valence-corrected chi connectivity index (χ4v) is 3.73. The van der Waals surface area contributed by atoms with Gasteiger partial charge in [-0.15, -0.1) is 0 Å². The first-order valence-corrected chi connectivity index (χ1v) is 9.77. The van der Waals surface area contributed by atoms with Gasteiger partial charge in [-0.2, -0.15) is 0 Å². The number of likely N-dealkylation sites (tertiary alicyclic amines) is 1. The van der Waals surface area contributed by atoms with E-state index in [9.17, 15) is 4.79 Å². The lowest BCUT2D eigenvalue weighted by molar-refractivity contribution is -0.127. The molecule has 0 saturated carbocycles. The molecule has 4 heteroatoms. The van der Waals surface area contributed by atoms with Crippen molar-refractivity contribution in [3.8, 4) is 5.75 Å². The van der Waals surface area contributed by atoms with Gasteiger partial charge in [0.25, 0.3) is 0 Å². The number of ether oxygens (including phenoxy) is 1. The molecule has 1 heterocycles. The Labute approximate surface area is 162 Å². The van der Waals surface area contributed by atoms with Gasteiger partial charge in [0.15, 0.2) is 0 Å². The van der Waals surface area contributed by atoms with Crippen LogP contribution >= 0.6 is 0 Å². The summed E-state index contributed by atoms with van der Waals surface area (Å²) < 4.78 is 5.19. The molecule has 2 aromatic rings. The van der Waals surface area contributed by atoms with Crippen LogP contribution in [0.3, 0.4) is 0 Å². The maximum Gasteiger partial charge on any atom is 0.223 e. The Bertz CT molecular complexity index is 749. The number of aryl methyl sites for hydroxylation is 1. The number of benzene rings is 2. The zero-order chi connectivity index (χ0) is 19.2. The molecule has 1 N–H and O–H groups in total. The molecule has 1 unspecified atom stereocenters. The highest BCUT2D eigenvalue weighted by atomic mass is 16.5. The number of carbonyl (C=O) groups excluding carboxylic acids is 1. The lowest BCUT2D eigenvalue weighted by Gasteiger charge is -2.32. The number of hydrogen-bond acceptors (Lipinski definition) is 3. The second-order valence-corrected chi connectivity index (χ2v) is 7.54. The van der Waals surface area contributed by atoms with Crippen LogP contribution in [0, 0.1) is 12.8 Å². The first-order valence-electron chi connectivity index (χ1n) is 9.77. The lowest BCUT2D eigenvalue weighted by atomic mass is 9.94. The summed E-state index contributed by atoms with van der Waals surface area (Å²) in [6, 6.07) is 16.6. The highest BCUT2D eigenvalue weighted by Gasteiger charge is 2.26. The molecule has 2 aromatic carbocycles. The summed E-state index contributed by atoms with van der Waals surface area (Å²) in [5.41, 5.74) is 3.75. The summed E-state index contributed by atoms with van der Waals surface area (Å²) >= 11 is 0. The second-order valence-electron chi connectivity index (χ2n) is 7.54. The Hall–Kier alpha value is -2.33. The molecule has 1 fully saturated rings. The molecule has 1 saturated heterocycles. The van der Waals surface area contributed by atoms with E-state index < -0.39 is 0 Å². The van der Waals surface area contributed by atoms with E-state index in [1.165, 1.54) is 11.1 Å². The third kappa shape index (κ3) is 5.33. The number of carbonyl (C=O) groups is 1. The van der Waals surface area contributed by atoms with Gasteiger partial charge in [0, 0.05) is 12.5 Å². The molecular weight excluding hydrogens is 336 g/mol. The van der Waals surface area contributed by atoms with Crippen LogP contribution in [-0.2, 0) is 11.3 Å². The number of hydrogen-bond donors (Lipinski definition) is 1. The van der Waals surface area contributed by atoms with Crippen molar-refractivity contribution in [1.29, 1.82) is 0 Å². The molecular formula is C23H30N2O2. The van der Waals surface area contributed by atoms with E-state index in [1.807, 2.05) is 31.2 Å². The smallest absolute Gasteiger partial charge is 0.223 e. The fourth-order valence-electron chi connectivity index (χ4n) is 3.73. The van der Waals surface area contributed by atoms with Gasteiger partial charge in [-0.3, -0.25) is 9.69 Å². The van der Waals surface area contributed by atoms with Crippen LogP contribution in [0.1, 0.15) is 42.5 Å². The van der Waals surface area contributed by atoms with Gasteiger partial charge in [-0.1, -0.05) is 42.0 Å². The Kier molecular flexibility index (Phi) is 6.51. The average molecular weight is 367 g/mol. The topological polar surface area (TPSA) is 41.6 Å². The molecule has 0 spiro atoms. The Morgan fingerprint density at radius 3 is 2.52 bits per heavy atom. The van der Waals surface area contributed by atoms with Crippen LogP contribution in [0.15, 0.2) is 48.5 Å². The van der Waals surface area contributed by atoms with Gasteiger partial charge in [0.1, 0.15) is 5.75 Å². The van der Waals surface area contributed by atoms with Crippen LogP contribution in [0.2, 0.25) is 0 Å². The molecule has 4 nitrogen and oxygen atoms in total. The van der Waals surface area contributed by atoms with Crippen molar-refractivity contribution in [1.82, 2.24) is 10.2 Å². The molecule has 1 atom stereocenters. The zero-order valence-electron chi connectivity index (χ0n) is 16.6. The van der Waals surface area contributed by atoms with E-state index in [4.69, 9.17) is 4.74 Å². The lowest BCUT2D eigenvalue weighted by Crippen LogP contribution is -2.40. The van der Waals surface area contributed by atoms with Crippen LogP contribution in [-0.4, -0.2) is 31.0 Å². The third-order valence-corrected chi connectivity index (χ3v) is 5.42. The summed E-state index contributed by atoms with van der Waals surface area (Å²) in [6.45, 7) is 7.08. The Morgan fingerprint density at radius 2 is 1.89 bits per heavy atom. The highest BCUT2D eigenvalue weighted by molar-refractivity contribution is 5.79. The number of amides is 1. The standard InChI is InChI=1S/C23H30N2O2/c1-17-5-4-6-19(15-17)16-25-13-11-21(12-14-25)23(26)24-18(2)20-7-9-22(27-3)10-8-20/h4-10,15,18,21H,11-14,16H2,1-3H3,(H,24,26). The van der Waals surface area contributed by atoms with E-state index in [-0.39, 0.29) is 17.9 Å². The highest BCUT2D eigenvalue weighted by Crippen LogP contribution is 2.22. The summed E-state index contributed by atoms with van der Waals surface area (Å²) in [7, 11) is 1.66. The molecule has 0 radical (unpaired) electrons. The van der Waals surface area contributed by atoms with Crippen molar-refractivity contribution in [2.75, 3.05) is 20.2 Å². The summed E-state index contributed by atoms with van der Waals surface area (Å²) in [5, 5.41) is 3.18. The van der Waals surface area contributed by atoms with Crippen molar-refractivity contribution < 1.29 is 9.53 Å². The SMILES string of the molecule is COc1ccc(C(C)NC(=O)C2CCN(Cc3cccc(C)c3)CC2)cc1. The number of rotatable bonds is 6. The minimum atomic E-state index is 0.00808.